The number of nitrogens with zero attached hydrogens (tertiary/aromatic N) is 2. The van der Waals surface area contributed by atoms with Crippen LogP contribution in [0.5, 0.6) is 11.5 Å². The fourth-order valence-corrected chi connectivity index (χ4v) is 3.04. The molecule has 0 aliphatic heterocycles. The van der Waals surface area contributed by atoms with Crippen molar-refractivity contribution in [2.24, 2.45) is 0 Å². The summed E-state index contributed by atoms with van der Waals surface area (Å²) in [7, 11) is 1.60. The number of rotatable bonds is 8. The zero-order chi connectivity index (χ0) is 19.3. The topological polar surface area (TPSA) is 64.8 Å². The number of benzene rings is 1. The zero-order valence-corrected chi connectivity index (χ0v) is 15.7. The molecule has 2 aromatic heterocycles. The van der Waals surface area contributed by atoms with Crippen molar-refractivity contribution >= 4 is 5.91 Å². The van der Waals surface area contributed by atoms with Crippen molar-refractivity contribution in [2.45, 2.75) is 32.0 Å². The maximum absolute atomic E-state index is 13.0. The van der Waals surface area contributed by atoms with E-state index >= 15 is 0 Å². The highest BCUT2D eigenvalue weighted by molar-refractivity contribution is 5.92. The van der Waals surface area contributed by atoms with Gasteiger partial charge in [0.05, 0.1) is 7.11 Å². The van der Waals surface area contributed by atoms with E-state index in [2.05, 4.69) is 4.98 Å². The largest absolute Gasteiger partial charge is 0.493 e. The molecule has 3 aromatic rings. The van der Waals surface area contributed by atoms with Gasteiger partial charge in [0.15, 0.2) is 17.3 Å². The van der Waals surface area contributed by atoms with Gasteiger partial charge in [0.1, 0.15) is 12.4 Å². The molecule has 6 nitrogen and oxygen atoms in total. The summed E-state index contributed by atoms with van der Waals surface area (Å²) >= 11 is 0. The predicted molar refractivity (Wildman–Crippen MR) is 103 cm³/mol. The first-order chi connectivity index (χ1) is 13.7. The van der Waals surface area contributed by atoms with E-state index in [0.717, 1.165) is 18.4 Å². The molecular formula is C22H22N2O4. The Hall–Kier alpha value is -3.28. The Morgan fingerprint density at radius 3 is 2.57 bits per heavy atom. The van der Waals surface area contributed by atoms with Gasteiger partial charge in [0, 0.05) is 25.0 Å². The van der Waals surface area contributed by atoms with E-state index in [1.165, 1.54) is 0 Å². The standard InChI is InChI=1S/C22H22N2O4/c1-26-19-4-2-3-5-20(19)27-15-18-8-9-21(28-18)22(25)24(17-6-7-17)14-16-10-12-23-13-11-16/h2-5,8-13,17H,6-7,14-15H2,1H3. The molecule has 0 radical (unpaired) electrons. The lowest BCUT2D eigenvalue weighted by atomic mass is 10.2. The van der Waals surface area contributed by atoms with Gasteiger partial charge in [-0.2, -0.15) is 0 Å². The molecule has 1 aromatic carbocycles. The number of aromatic nitrogens is 1. The number of hydrogen-bond donors (Lipinski definition) is 0. The number of methoxy groups -OCH3 is 1. The summed E-state index contributed by atoms with van der Waals surface area (Å²) in [6.07, 6.45) is 5.54. The second kappa shape index (κ2) is 8.17. The van der Waals surface area contributed by atoms with Crippen LogP contribution in [-0.4, -0.2) is 28.9 Å². The second-order valence-corrected chi connectivity index (χ2v) is 6.73. The normalized spacial score (nSPS) is 13.2. The Bertz CT molecular complexity index is 934. The lowest BCUT2D eigenvalue weighted by Crippen LogP contribution is -2.32. The first-order valence-electron chi connectivity index (χ1n) is 9.29. The van der Waals surface area contributed by atoms with Crippen LogP contribution in [0.25, 0.3) is 0 Å². The van der Waals surface area contributed by atoms with Crippen LogP contribution in [0.3, 0.4) is 0 Å². The summed E-state index contributed by atoms with van der Waals surface area (Å²) < 4.78 is 16.8. The van der Waals surface area contributed by atoms with E-state index in [9.17, 15) is 4.79 Å². The average Bonchev–Trinajstić information content (AvgIpc) is 3.48. The predicted octanol–water partition coefficient (Wildman–Crippen LogP) is 4.07. The van der Waals surface area contributed by atoms with E-state index in [0.29, 0.717) is 29.6 Å². The van der Waals surface area contributed by atoms with Gasteiger partial charge in [0.2, 0.25) is 0 Å². The molecule has 28 heavy (non-hydrogen) atoms. The minimum atomic E-state index is -0.0946. The first-order valence-corrected chi connectivity index (χ1v) is 9.29. The number of carbonyl (C=O) groups is 1. The van der Waals surface area contributed by atoms with Gasteiger partial charge in [0.25, 0.3) is 5.91 Å². The van der Waals surface area contributed by atoms with Crippen LogP contribution in [0.2, 0.25) is 0 Å². The van der Waals surface area contributed by atoms with Crippen molar-refractivity contribution in [2.75, 3.05) is 7.11 Å². The number of carbonyl (C=O) groups excluding carboxylic acids is 1. The average molecular weight is 378 g/mol. The maximum atomic E-state index is 13.0. The number of amides is 1. The number of pyridine rings is 1. The molecular weight excluding hydrogens is 356 g/mol. The van der Waals surface area contributed by atoms with Crippen LogP contribution in [0, 0.1) is 0 Å². The van der Waals surface area contributed by atoms with Crippen molar-refractivity contribution in [3.05, 3.63) is 78.0 Å². The highest BCUT2D eigenvalue weighted by atomic mass is 16.5. The van der Waals surface area contributed by atoms with Gasteiger partial charge in [-0.15, -0.1) is 0 Å². The summed E-state index contributed by atoms with van der Waals surface area (Å²) in [5, 5.41) is 0. The summed E-state index contributed by atoms with van der Waals surface area (Å²) in [6.45, 7) is 0.779. The van der Waals surface area contributed by atoms with Crippen molar-refractivity contribution in [3.8, 4) is 11.5 Å². The SMILES string of the molecule is COc1ccccc1OCc1ccc(C(=O)N(Cc2ccncc2)C2CC2)o1. The van der Waals surface area contributed by atoms with Gasteiger partial charge < -0.3 is 18.8 Å². The zero-order valence-electron chi connectivity index (χ0n) is 15.7. The lowest BCUT2D eigenvalue weighted by molar-refractivity contribution is 0.0693. The Labute approximate surface area is 163 Å². The third kappa shape index (κ3) is 4.17. The molecule has 0 saturated heterocycles. The van der Waals surface area contributed by atoms with Gasteiger partial charge in [-0.1, -0.05) is 12.1 Å². The number of ether oxygens (including phenoxy) is 2. The number of hydrogen-bond acceptors (Lipinski definition) is 5. The molecule has 1 saturated carbocycles. The van der Waals surface area contributed by atoms with Gasteiger partial charge in [-0.3, -0.25) is 9.78 Å². The maximum Gasteiger partial charge on any atom is 0.290 e. The Balaban J connectivity index is 1.43. The van der Waals surface area contributed by atoms with Crippen LogP contribution in [-0.2, 0) is 13.2 Å². The number of furan rings is 1. The fraction of sp³-hybridized carbons (Fsp3) is 0.273. The summed E-state index contributed by atoms with van der Waals surface area (Å²) in [4.78, 5) is 18.9. The molecule has 1 amide bonds. The van der Waals surface area contributed by atoms with Crippen molar-refractivity contribution in [3.63, 3.8) is 0 Å². The minimum Gasteiger partial charge on any atom is -0.493 e. The molecule has 0 bridgehead atoms. The van der Waals surface area contributed by atoms with Crippen LogP contribution in [0.4, 0.5) is 0 Å². The minimum absolute atomic E-state index is 0.0946. The van der Waals surface area contributed by atoms with E-state index in [-0.39, 0.29) is 18.6 Å². The van der Waals surface area contributed by atoms with Crippen molar-refractivity contribution in [1.29, 1.82) is 0 Å². The summed E-state index contributed by atoms with van der Waals surface area (Å²) in [5.74, 6) is 2.12. The molecule has 1 aliphatic carbocycles. The molecule has 1 aliphatic rings. The third-order valence-corrected chi connectivity index (χ3v) is 4.66. The van der Waals surface area contributed by atoms with Crippen molar-refractivity contribution in [1.82, 2.24) is 9.88 Å². The van der Waals surface area contributed by atoms with Gasteiger partial charge in [-0.25, -0.2) is 0 Å². The molecule has 0 unspecified atom stereocenters. The highest BCUT2D eigenvalue weighted by Gasteiger charge is 2.34. The number of para-hydroxylation sites is 2. The Morgan fingerprint density at radius 1 is 1.11 bits per heavy atom. The lowest BCUT2D eigenvalue weighted by Gasteiger charge is -2.21. The van der Waals surface area contributed by atoms with Crippen LogP contribution < -0.4 is 9.47 Å². The quantitative estimate of drug-likeness (QED) is 0.591. The smallest absolute Gasteiger partial charge is 0.290 e. The van der Waals surface area contributed by atoms with E-state index in [4.69, 9.17) is 13.9 Å². The van der Waals surface area contributed by atoms with E-state index in [1.54, 1.807) is 31.6 Å². The van der Waals surface area contributed by atoms with Crippen LogP contribution in [0.15, 0.2) is 65.3 Å². The Kier molecular flexibility index (Phi) is 5.28. The third-order valence-electron chi connectivity index (χ3n) is 4.66. The van der Waals surface area contributed by atoms with E-state index in [1.807, 2.05) is 41.3 Å². The molecule has 1 fully saturated rings. The van der Waals surface area contributed by atoms with Gasteiger partial charge >= 0.3 is 0 Å². The molecule has 0 atom stereocenters. The monoisotopic (exact) mass is 378 g/mol. The molecule has 0 N–H and O–H groups in total. The second-order valence-electron chi connectivity index (χ2n) is 6.73. The van der Waals surface area contributed by atoms with Gasteiger partial charge in [-0.05, 0) is 54.8 Å². The fourth-order valence-electron chi connectivity index (χ4n) is 3.04. The molecule has 6 heteroatoms. The Morgan fingerprint density at radius 2 is 1.86 bits per heavy atom. The highest BCUT2D eigenvalue weighted by Crippen LogP contribution is 2.30. The van der Waals surface area contributed by atoms with Crippen LogP contribution in [0.1, 0.15) is 34.7 Å². The van der Waals surface area contributed by atoms with Crippen molar-refractivity contribution < 1.29 is 18.7 Å². The summed E-state index contributed by atoms with van der Waals surface area (Å²) in [6, 6.07) is 15.0. The molecule has 0 spiro atoms. The summed E-state index contributed by atoms with van der Waals surface area (Å²) in [5.41, 5.74) is 1.06. The van der Waals surface area contributed by atoms with Crippen LogP contribution >= 0.6 is 0 Å². The molecule has 4 rings (SSSR count). The molecule has 2 heterocycles. The van der Waals surface area contributed by atoms with E-state index < -0.39 is 0 Å². The molecule has 144 valence electrons. The first kappa shape index (κ1) is 18.1.